The number of urea groups is 1. The molecule has 6 heteroatoms. The van der Waals surface area contributed by atoms with E-state index in [0.717, 1.165) is 12.0 Å². The zero-order chi connectivity index (χ0) is 15.4. The van der Waals surface area contributed by atoms with Gasteiger partial charge < -0.3 is 19.8 Å². The van der Waals surface area contributed by atoms with Crippen molar-refractivity contribution < 1.29 is 13.9 Å². The first-order valence-electron chi connectivity index (χ1n) is 7.38. The molecule has 1 aromatic carbocycles. The number of hydrogen-bond acceptors (Lipinski definition) is 4. The standard InChI is InChI=1S/C16H19N3O3/c1-11-13(7-8-21-11)19-16(20)18-10-15-17-9-14(22-15)12-5-3-2-4-6-12/h2-6,9,11,13H,7-8,10H2,1H3,(H2,18,19,20)/t11-,13-/m1/s1. The summed E-state index contributed by atoms with van der Waals surface area (Å²) in [7, 11) is 0. The lowest BCUT2D eigenvalue weighted by molar-refractivity contribution is 0.114. The zero-order valence-corrected chi connectivity index (χ0v) is 12.4. The van der Waals surface area contributed by atoms with Crippen molar-refractivity contribution in [3.63, 3.8) is 0 Å². The minimum atomic E-state index is -0.234. The van der Waals surface area contributed by atoms with Gasteiger partial charge in [0.25, 0.3) is 0 Å². The summed E-state index contributed by atoms with van der Waals surface area (Å²) in [5.41, 5.74) is 0.961. The van der Waals surface area contributed by atoms with E-state index in [1.165, 1.54) is 0 Å². The molecule has 2 N–H and O–H groups in total. The van der Waals surface area contributed by atoms with Gasteiger partial charge in [0.2, 0.25) is 5.89 Å². The van der Waals surface area contributed by atoms with E-state index in [0.29, 0.717) is 18.3 Å². The van der Waals surface area contributed by atoms with Gasteiger partial charge in [-0.25, -0.2) is 9.78 Å². The Hall–Kier alpha value is -2.34. The number of nitrogens with zero attached hydrogens (tertiary/aromatic N) is 1. The van der Waals surface area contributed by atoms with Crippen molar-refractivity contribution in [2.24, 2.45) is 0 Å². The molecule has 2 amide bonds. The van der Waals surface area contributed by atoms with Crippen molar-refractivity contribution in [1.29, 1.82) is 0 Å². The van der Waals surface area contributed by atoms with Gasteiger partial charge in [-0.15, -0.1) is 0 Å². The lowest BCUT2D eigenvalue weighted by atomic mass is 10.2. The van der Waals surface area contributed by atoms with Gasteiger partial charge >= 0.3 is 6.03 Å². The van der Waals surface area contributed by atoms with E-state index in [2.05, 4.69) is 15.6 Å². The minimum Gasteiger partial charge on any atom is -0.439 e. The number of oxazole rings is 1. The van der Waals surface area contributed by atoms with Crippen LogP contribution < -0.4 is 10.6 Å². The van der Waals surface area contributed by atoms with Gasteiger partial charge in [-0.1, -0.05) is 30.3 Å². The third-order valence-electron chi connectivity index (χ3n) is 3.70. The van der Waals surface area contributed by atoms with Gasteiger partial charge in [0.05, 0.1) is 24.9 Å². The predicted molar refractivity (Wildman–Crippen MR) is 81.1 cm³/mol. The lowest BCUT2D eigenvalue weighted by Gasteiger charge is -2.15. The van der Waals surface area contributed by atoms with Gasteiger partial charge in [0.15, 0.2) is 5.76 Å². The molecule has 2 aromatic rings. The number of nitrogens with one attached hydrogen (secondary N) is 2. The quantitative estimate of drug-likeness (QED) is 0.908. The average Bonchev–Trinajstić information content (AvgIpc) is 3.16. The molecule has 0 radical (unpaired) electrons. The summed E-state index contributed by atoms with van der Waals surface area (Å²) in [5, 5.41) is 5.64. The highest BCUT2D eigenvalue weighted by atomic mass is 16.5. The molecule has 0 bridgehead atoms. The summed E-state index contributed by atoms with van der Waals surface area (Å²) in [6.07, 6.45) is 2.56. The Balaban J connectivity index is 1.51. The van der Waals surface area contributed by atoms with E-state index >= 15 is 0 Å². The SMILES string of the molecule is C[C@H]1OCC[C@H]1NC(=O)NCc1ncc(-c2ccccc2)o1. The van der Waals surface area contributed by atoms with Crippen molar-refractivity contribution in [3.8, 4) is 11.3 Å². The monoisotopic (exact) mass is 301 g/mol. The second-order valence-electron chi connectivity index (χ2n) is 5.28. The molecule has 0 spiro atoms. The number of aromatic nitrogens is 1. The van der Waals surface area contributed by atoms with Crippen LogP contribution in [-0.2, 0) is 11.3 Å². The Labute approximate surface area is 128 Å². The normalized spacial score (nSPS) is 20.8. The molecule has 1 saturated heterocycles. The molecule has 0 unspecified atom stereocenters. The van der Waals surface area contributed by atoms with Crippen LogP contribution >= 0.6 is 0 Å². The number of carbonyl (C=O) groups excluding carboxylic acids is 1. The number of rotatable bonds is 4. The fraction of sp³-hybridized carbons (Fsp3) is 0.375. The predicted octanol–water partition coefficient (Wildman–Crippen LogP) is 2.32. The Kier molecular flexibility index (Phi) is 4.39. The average molecular weight is 301 g/mol. The van der Waals surface area contributed by atoms with Crippen LogP contribution in [0.2, 0.25) is 0 Å². The molecule has 1 fully saturated rings. The topological polar surface area (TPSA) is 76.4 Å². The molecule has 6 nitrogen and oxygen atoms in total. The molecule has 1 aromatic heterocycles. The van der Waals surface area contributed by atoms with Crippen molar-refractivity contribution >= 4 is 6.03 Å². The molecule has 2 atom stereocenters. The van der Waals surface area contributed by atoms with Crippen LogP contribution in [0.4, 0.5) is 4.79 Å². The number of carbonyl (C=O) groups is 1. The minimum absolute atomic E-state index is 0.0529. The Bertz CT molecular complexity index is 627. The van der Waals surface area contributed by atoms with Crippen LogP contribution in [0.3, 0.4) is 0 Å². The Morgan fingerprint density at radius 2 is 2.18 bits per heavy atom. The van der Waals surface area contributed by atoms with Gasteiger partial charge in [0, 0.05) is 12.2 Å². The number of benzene rings is 1. The Morgan fingerprint density at radius 1 is 1.36 bits per heavy atom. The van der Waals surface area contributed by atoms with Crippen LogP contribution in [0, 0.1) is 0 Å². The summed E-state index contributed by atoms with van der Waals surface area (Å²) in [6.45, 7) is 2.89. The summed E-state index contributed by atoms with van der Waals surface area (Å²) < 4.78 is 11.0. The highest BCUT2D eigenvalue weighted by Gasteiger charge is 2.25. The number of hydrogen-bond donors (Lipinski definition) is 2. The molecule has 0 aliphatic carbocycles. The third kappa shape index (κ3) is 3.46. The largest absolute Gasteiger partial charge is 0.439 e. The summed E-state index contributed by atoms with van der Waals surface area (Å²) in [4.78, 5) is 16.0. The van der Waals surface area contributed by atoms with E-state index in [1.807, 2.05) is 37.3 Å². The number of ether oxygens (including phenoxy) is 1. The Morgan fingerprint density at radius 3 is 2.91 bits per heavy atom. The molecule has 116 valence electrons. The molecule has 1 aliphatic heterocycles. The summed E-state index contributed by atoms with van der Waals surface area (Å²) in [5.74, 6) is 1.17. The molecular formula is C16H19N3O3. The highest BCUT2D eigenvalue weighted by molar-refractivity contribution is 5.74. The van der Waals surface area contributed by atoms with Gasteiger partial charge in [-0.05, 0) is 13.3 Å². The first-order valence-corrected chi connectivity index (χ1v) is 7.38. The van der Waals surface area contributed by atoms with Crippen molar-refractivity contribution in [1.82, 2.24) is 15.6 Å². The van der Waals surface area contributed by atoms with Crippen LogP contribution in [0.1, 0.15) is 19.2 Å². The van der Waals surface area contributed by atoms with Gasteiger partial charge in [-0.3, -0.25) is 0 Å². The van der Waals surface area contributed by atoms with Crippen LogP contribution in [0.5, 0.6) is 0 Å². The fourth-order valence-corrected chi connectivity index (χ4v) is 2.42. The first-order chi connectivity index (χ1) is 10.7. The second kappa shape index (κ2) is 6.62. The van der Waals surface area contributed by atoms with Crippen molar-refractivity contribution in [3.05, 3.63) is 42.4 Å². The highest BCUT2D eigenvalue weighted by Crippen LogP contribution is 2.19. The first kappa shape index (κ1) is 14.6. The van der Waals surface area contributed by atoms with Crippen LogP contribution in [-0.4, -0.2) is 29.8 Å². The van der Waals surface area contributed by atoms with E-state index in [1.54, 1.807) is 6.20 Å². The van der Waals surface area contributed by atoms with Crippen molar-refractivity contribution in [2.75, 3.05) is 6.61 Å². The molecule has 3 rings (SSSR count). The van der Waals surface area contributed by atoms with E-state index in [-0.39, 0.29) is 24.7 Å². The van der Waals surface area contributed by atoms with E-state index in [4.69, 9.17) is 9.15 Å². The maximum Gasteiger partial charge on any atom is 0.315 e. The molecular weight excluding hydrogens is 282 g/mol. The van der Waals surface area contributed by atoms with Crippen molar-refractivity contribution in [2.45, 2.75) is 32.0 Å². The fourth-order valence-electron chi connectivity index (χ4n) is 2.42. The van der Waals surface area contributed by atoms with Gasteiger partial charge in [0.1, 0.15) is 0 Å². The smallest absolute Gasteiger partial charge is 0.315 e. The van der Waals surface area contributed by atoms with Crippen LogP contribution in [0.15, 0.2) is 40.9 Å². The lowest BCUT2D eigenvalue weighted by Crippen LogP contribution is -2.44. The molecule has 0 saturated carbocycles. The molecule has 1 aliphatic rings. The molecule has 2 heterocycles. The summed E-state index contributed by atoms with van der Waals surface area (Å²) >= 11 is 0. The zero-order valence-electron chi connectivity index (χ0n) is 12.4. The van der Waals surface area contributed by atoms with E-state index in [9.17, 15) is 4.79 Å². The summed E-state index contributed by atoms with van der Waals surface area (Å²) in [6, 6.07) is 9.55. The maximum absolute atomic E-state index is 11.8. The number of amides is 2. The van der Waals surface area contributed by atoms with Gasteiger partial charge in [-0.2, -0.15) is 0 Å². The third-order valence-corrected chi connectivity index (χ3v) is 3.70. The van der Waals surface area contributed by atoms with Crippen LogP contribution in [0.25, 0.3) is 11.3 Å². The molecule has 22 heavy (non-hydrogen) atoms. The maximum atomic E-state index is 11.8. The van der Waals surface area contributed by atoms with E-state index < -0.39 is 0 Å². The second-order valence-corrected chi connectivity index (χ2v) is 5.28.